The SMILES string of the molecule is Cc1ccc(N2C(=O)/C(=C/c3ccc(OCC(=O)Nc4cccc(C(F)(F)F)c4)cc3)SC2=S)cc1C. The van der Waals surface area contributed by atoms with Gasteiger partial charge in [0, 0.05) is 5.69 Å². The van der Waals surface area contributed by atoms with Crippen molar-refractivity contribution in [1.29, 1.82) is 0 Å². The number of carbonyl (C=O) groups is 2. The Labute approximate surface area is 221 Å². The lowest BCUT2D eigenvalue weighted by Gasteiger charge is -2.15. The molecule has 1 N–H and O–H groups in total. The minimum absolute atomic E-state index is 0.0249. The lowest BCUT2D eigenvalue weighted by atomic mass is 10.1. The Morgan fingerprint density at radius 1 is 1.05 bits per heavy atom. The van der Waals surface area contributed by atoms with Crippen LogP contribution in [0.15, 0.2) is 71.6 Å². The zero-order chi connectivity index (χ0) is 26.7. The topological polar surface area (TPSA) is 58.6 Å². The molecular formula is C27H21F3N2O3S2. The van der Waals surface area contributed by atoms with Crippen LogP contribution < -0.4 is 15.0 Å². The predicted octanol–water partition coefficient (Wildman–Crippen LogP) is 6.75. The quantitative estimate of drug-likeness (QED) is 0.276. The van der Waals surface area contributed by atoms with Crippen molar-refractivity contribution in [1.82, 2.24) is 0 Å². The summed E-state index contributed by atoms with van der Waals surface area (Å²) in [5.41, 5.74) is 2.82. The molecule has 3 aromatic carbocycles. The molecule has 0 bridgehead atoms. The van der Waals surface area contributed by atoms with E-state index in [2.05, 4.69) is 5.32 Å². The Bertz CT molecular complexity index is 1400. The maximum Gasteiger partial charge on any atom is 0.416 e. The van der Waals surface area contributed by atoms with E-state index in [1.54, 1.807) is 30.3 Å². The molecule has 0 unspecified atom stereocenters. The van der Waals surface area contributed by atoms with E-state index in [1.165, 1.54) is 28.8 Å². The van der Waals surface area contributed by atoms with Crippen LogP contribution in [0.25, 0.3) is 6.08 Å². The molecule has 0 radical (unpaired) electrons. The lowest BCUT2D eigenvalue weighted by Crippen LogP contribution is -2.27. The van der Waals surface area contributed by atoms with Crippen LogP contribution in [0.2, 0.25) is 0 Å². The number of hydrogen-bond acceptors (Lipinski definition) is 5. The third-order valence-electron chi connectivity index (χ3n) is 5.56. The third-order valence-corrected chi connectivity index (χ3v) is 6.87. The number of anilines is 2. The summed E-state index contributed by atoms with van der Waals surface area (Å²) in [5.74, 6) is -0.415. The van der Waals surface area contributed by atoms with Crippen molar-refractivity contribution in [3.05, 3.63) is 93.9 Å². The first-order valence-electron chi connectivity index (χ1n) is 11.1. The van der Waals surface area contributed by atoms with Gasteiger partial charge in [-0.3, -0.25) is 14.5 Å². The van der Waals surface area contributed by atoms with Gasteiger partial charge in [0.05, 0.1) is 16.2 Å². The molecule has 1 heterocycles. The number of amides is 2. The highest BCUT2D eigenvalue weighted by Crippen LogP contribution is 2.36. The van der Waals surface area contributed by atoms with E-state index in [9.17, 15) is 22.8 Å². The van der Waals surface area contributed by atoms with Gasteiger partial charge >= 0.3 is 6.18 Å². The summed E-state index contributed by atoms with van der Waals surface area (Å²) < 4.78 is 44.4. The van der Waals surface area contributed by atoms with Crippen LogP contribution >= 0.6 is 24.0 Å². The number of halogens is 3. The van der Waals surface area contributed by atoms with Gasteiger partial charge in [-0.1, -0.05) is 48.2 Å². The van der Waals surface area contributed by atoms with Crippen molar-refractivity contribution in [2.24, 2.45) is 0 Å². The first kappa shape index (κ1) is 26.4. The number of nitrogens with one attached hydrogen (secondary N) is 1. The number of benzene rings is 3. The molecule has 190 valence electrons. The lowest BCUT2D eigenvalue weighted by molar-refractivity contribution is -0.137. The van der Waals surface area contributed by atoms with Crippen LogP contribution in [0.1, 0.15) is 22.3 Å². The van der Waals surface area contributed by atoms with E-state index in [0.717, 1.165) is 34.5 Å². The van der Waals surface area contributed by atoms with Crippen molar-refractivity contribution in [3.63, 3.8) is 0 Å². The highest BCUT2D eigenvalue weighted by atomic mass is 32.2. The van der Waals surface area contributed by atoms with Crippen LogP contribution in [0.5, 0.6) is 5.75 Å². The normalized spacial score (nSPS) is 14.8. The second-order valence-corrected chi connectivity index (χ2v) is 9.95. The molecule has 1 aliphatic rings. The molecule has 2 amide bonds. The number of carbonyl (C=O) groups excluding carboxylic acids is 2. The molecule has 1 saturated heterocycles. The van der Waals surface area contributed by atoms with Crippen molar-refractivity contribution in [2.45, 2.75) is 20.0 Å². The monoisotopic (exact) mass is 542 g/mol. The van der Waals surface area contributed by atoms with Crippen LogP contribution in [0, 0.1) is 13.8 Å². The highest BCUT2D eigenvalue weighted by Gasteiger charge is 2.33. The van der Waals surface area contributed by atoms with Crippen LogP contribution in [-0.2, 0) is 15.8 Å². The molecule has 0 atom stereocenters. The average molecular weight is 543 g/mol. The van der Waals surface area contributed by atoms with E-state index in [1.807, 2.05) is 32.0 Å². The summed E-state index contributed by atoms with van der Waals surface area (Å²) in [6, 6.07) is 16.8. The molecule has 4 rings (SSSR count). The van der Waals surface area contributed by atoms with Gasteiger partial charge in [0.2, 0.25) is 0 Å². The Kier molecular flexibility index (Phi) is 7.70. The molecule has 5 nitrogen and oxygen atoms in total. The Morgan fingerprint density at radius 3 is 2.46 bits per heavy atom. The minimum Gasteiger partial charge on any atom is -0.484 e. The molecule has 0 saturated carbocycles. The van der Waals surface area contributed by atoms with Gasteiger partial charge in [0.25, 0.3) is 11.8 Å². The number of thiocarbonyl (C=S) groups is 1. The van der Waals surface area contributed by atoms with Gasteiger partial charge < -0.3 is 10.1 Å². The largest absolute Gasteiger partial charge is 0.484 e. The molecular weight excluding hydrogens is 521 g/mol. The molecule has 37 heavy (non-hydrogen) atoms. The summed E-state index contributed by atoms with van der Waals surface area (Å²) in [7, 11) is 0. The van der Waals surface area contributed by atoms with Crippen LogP contribution in [-0.4, -0.2) is 22.7 Å². The number of rotatable bonds is 6. The molecule has 1 fully saturated rings. The Morgan fingerprint density at radius 2 is 1.78 bits per heavy atom. The second-order valence-electron chi connectivity index (χ2n) is 8.27. The molecule has 0 aliphatic carbocycles. The molecule has 10 heteroatoms. The number of ether oxygens (including phenoxy) is 1. The van der Waals surface area contributed by atoms with E-state index in [0.29, 0.717) is 15.0 Å². The second kappa shape index (κ2) is 10.8. The molecule has 3 aromatic rings. The third kappa shape index (κ3) is 6.39. The maximum atomic E-state index is 13.0. The van der Waals surface area contributed by atoms with Gasteiger partial charge in [-0.2, -0.15) is 13.2 Å². The number of hydrogen-bond donors (Lipinski definition) is 1. The fraction of sp³-hybridized carbons (Fsp3) is 0.148. The first-order valence-corrected chi connectivity index (χ1v) is 12.3. The Hall–Kier alpha value is -3.63. The van der Waals surface area contributed by atoms with Gasteiger partial charge in [0.1, 0.15) is 5.75 Å². The van der Waals surface area contributed by atoms with Crippen molar-refractivity contribution in [2.75, 3.05) is 16.8 Å². The number of thioether (sulfide) groups is 1. The zero-order valence-electron chi connectivity index (χ0n) is 19.8. The van der Waals surface area contributed by atoms with E-state index >= 15 is 0 Å². The summed E-state index contributed by atoms with van der Waals surface area (Å²) in [4.78, 5) is 27.1. The van der Waals surface area contributed by atoms with E-state index < -0.39 is 17.6 Å². The van der Waals surface area contributed by atoms with Gasteiger partial charge in [0.15, 0.2) is 10.9 Å². The number of aryl methyl sites for hydroxylation is 2. The zero-order valence-corrected chi connectivity index (χ0v) is 21.4. The summed E-state index contributed by atoms with van der Waals surface area (Å²) in [6.45, 7) is 3.59. The standard InChI is InChI=1S/C27H21F3N2O3S2/c1-16-6-9-21(12-17(16)2)32-25(34)23(37-26(32)36)13-18-7-10-22(11-8-18)35-15-24(33)31-20-5-3-4-19(14-20)27(28,29)30/h3-14H,15H2,1-2H3,(H,31,33)/b23-13-. The number of nitrogens with zero attached hydrogens (tertiary/aromatic N) is 1. The van der Waals surface area contributed by atoms with Crippen LogP contribution in [0.3, 0.4) is 0 Å². The Balaban J connectivity index is 1.36. The van der Waals surface area contributed by atoms with Gasteiger partial charge in [-0.25, -0.2) is 0 Å². The summed E-state index contributed by atoms with van der Waals surface area (Å²) in [5, 5.41) is 2.39. The fourth-order valence-corrected chi connectivity index (χ4v) is 4.78. The predicted molar refractivity (Wildman–Crippen MR) is 144 cm³/mol. The van der Waals surface area contributed by atoms with Gasteiger partial charge in [-0.05, 0) is 79.1 Å². The summed E-state index contributed by atoms with van der Waals surface area (Å²) >= 11 is 6.65. The maximum absolute atomic E-state index is 13.0. The molecule has 1 aliphatic heterocycles. The van der Waals surface area contributed by atoms with Crippen LogP contribution in [0.4, 0.5) is 24.5 Å². The molecule has 0 spiro atoms. The van der Waals surface area contributed by atoms with Crippen molar-refractivity contribution < 1.29 is 27.5 Å². The summed E-state index contributed by atoms with van der Waals surface area (Å²) in [6.07, 6.45) is -2.77. The highest BCUT2D eigenvalue weighted by molar-refractivity contribution is 8.27. The fourth-order valence-electron chi connectivity index (χ4n) is 3.49. The van der Waals surface area contributed by atoms with Gasteiger partial charge in [-0.15, -0.1) is 0 Å². The van der Waals surface area contributed by atoms with E-state index in [-0.39, 0.29) is 18.2 Å². The van der Waals surface area contributed by atoms with E-state index in [4.69, 9.17) is 17.0 Å². The average Bonchev–Trinajstić information content (AvgIpc) is 3.12. The molecule has 0 aromatic heterocycles. The first-order chi connectivity index (χ1) is 17.5. The minimum atomic E-state index is -4.50. The van der Waals surface area contributed by atoms with Crippen molar-refractivity contribution >= 4 is 57.6 Å². The smallest absolute Gasteiger partial charge is 0.416 e. The van der Waals surface area contributed by atoms with Crippen molar-refractivity contribution in [3.8, 4) is 5.75 Å². The number of alkyl halides is 3.